The van der Waals surface area contributed by atoms with Gasteiger partial charge >= 0.3 is 0 Å². The van der Waals surface area contributed by atoms with E-state index in [0.717, 1.165) is 39.8 Å². The molecule has 0 saturated carbocycles. The van der Waals surface area contributed by atoms with Gasteiger partial charge in [-0.25, -0.2) is 4.98 Å². The number of hydrogen-bond acceptors (Lipinski definition) is 5. The van der Waals surface area contributed by atoms with Crippen LogP contribution in [0.3, 0.4) is 0 Å². The maximum atomic E-state index is 13.5. The second kappa shape index (κ2) is 11.9. The van der Waals surface area contributed by atoms with Crippen LogP contribution in [0, 0.1) is 0 Å². The van der Waals surface area contributed by atoms with E-state index in [2.05, 4.69) is 24.1 Å². The number of hydrogen-bond donors (Lipinski definition) is 0. The van der Waals surface area contributed by atoms with Crippen molar-refractivity contribution < 1.29 is 14.3 Å². The van der Waals surface area contributed by atoms with Crippen molar-refractivity contribution >= 4 is 16.8 Å². The number of pyridine rings is 2. The first-order chi connectivity index (χ1) is 16.1. The Hall–Kier alpha value is -3.51. The lowest BCUT2D eigenvalue weighted by atomic mass is 10.0. The van der Waals surface area contributed by atoms with Gasteiger partial charge in [0.1, 0.15) is 11.4 Å². The Morgan fingerprint density at radius 3 is 2.55 bits per heavy atom. The largest absolute Gasteiger partial charge is 0.497 e. The molecule has 172 valence electrons. The second-order valence-corrected chi connectivity index (χ2v) is 7.58. The zero-order valence-electron chi connectivity index (χ0n) is 19.7. The van der Waals surface area contributed by atoms with Gasteiger partial charge in [0, 0.05) is 43.5 Å². The molecule has 0 spiro atoms. The molecule has 1 amide bonds. The topological polar surface area (TPSA) is 64.5 Å². The fraction of sp³-hybridized carbons (Fsp3) is 0.296. The van der Waals surface area contributed by atoms with E-state index in [9.17, 15) is 4.79 Å². The standard InChI is InChI=1S/C27H31N3O3/c1-5-7-8-20(6-2)19-30(15-16-32-3)27(31)25-14-11-22-17-28-18-24(26(22)29-25)21-9-12-23(33-4)13-10-21/h6-14,17-18H,5,15-16,19H2,1-4H3/b8-7-,20-6+. The summed E-state index contributed by atoms with van der Waals surface area (Å²) in [5.41, 5.74) is 4.04. The van der Waals surface area contributed by atoms with Crippen LogP contribution in [0.1, 0.15) is 30.8 Å². The Kier molecular flexibility index (Phi) is 8.72. The number of allylic oxidation sites excluding steroid dienone is 2. The molecule has 3 aromatic rings. The zero-order valence-corrected chi connectivity index (χ0v) is 19.7. The first-order valence-corrected chi connectivity index (χ1v) is 11.1. The molecule has 0 aliphatic carbocycles. The first kappa shape index (κ1) is 24.1. The van der Waals surface area contributed by atoms with Crippen LogP contribution in [0.15, 0.2) is 72.6 Å². The zero-order chi connectivity index (χ0) is 23.6. The van der Waals surface area contributed by atoms with Crippen LogP contribution in [-0.2, 0) is 4.74 Å². The molecule has 6 heteroatoms. The summed E-state index contributed by atoms with van der Waals surface area (Å²) >= 11 is 0. The van der Waals surface area contributed by atoms with E-state index in [4.69, 9.17) is 14.5 Å². The van der Waals surface area contributed by atoms with Crippen molar-refractivity contribution in [3.8, 4) is 16.9 Å². The lowest BCUT2D eigenvalue weighted by Gasteiger charge is -2.23. The van der Waals surface area contributed by atoms with Gasteiger partial charge in [-0.15, -0.1) is 0 Å². The molecule has 0 atom stereocenters. The molecule has 0 aliphatic heterocycles. The highest BCUT2D eigenvalue weighted by Gasteiger charge is 2.19. The maximum absolute atomic E-state index is 13.5. The molecule has 33 heavy (non-hydrogen) atoms. The Morgan fingerprint density at radius 2 is 1.88 bits per heavy atom. The van der Waals surface area contributed by atoms with Crippen LogP contribution in [0.4, 0.5) is 0 Å². The molecule has 2 aromatic heterocycles. The average Bonchev–Trinajstić information content (AvgIpc) is 2.87. The molecule has 3 rings (SSSR count). The normalized spacial score (nSPS) is 11.8. The summed E-state index contributed by atoms with van der Waals surface area (Å²) in [6.07, 6.45) is 10.7. The number of amides is 1. The van der Waals surface area contributed by atoms with Crippen molar-refractivity contribution in [2.75, 3.05) is 33.9 Å². The van der Waals surface area contributed by atoms with Gasteiger partial charge in [-0.2, -0.15) is 0 Å². The molecule has 0 fully saturated rings. The van der Waals surface area contributed by atoms with Gasteiger partial charge in [-0.05, 0) is 48.7 Å². The van der Waals surface area contributed by atoms with E-state index in [1.165, 1.54) is 0 Å². The number of carbonyl (C=O) groups excluding carboxylic acids is 1. The quantitative estimate of drug-likeness (QED) is 0.396. The number of ether oxygens (including phenoxy) is 2. The predicted molar refractivity (Wildman–Crippen MR) is 132 cm³/mol. The molecule has 1 aromatic carbocycles. The third-order valence-electron chi connectivity index (χ3n) is 5.38. The smallest absolute Gasteiger partial charge is 0.272 e. The Balaban J connectivity index is 1.98. The number of fused-ring (bicyclic) bond motifs is 1. The second-order valence-electron chi connectivity index (χ2n) is 7.58. The van der Waals surface area contributed by atoms with E-state index in [0.29, 0.717) is 25.4 Å². The molecule has 0 radical (unpaired) electrons. The number of carbonyl (C=O) groups is 1. The summed E-state index contributed by atoms with van der Waals surface area (Å²) in [6.45, 7) is 5.50. The maximum Gasteiger partial charge on any atom is 0.272 e. The van der Waals surface area contributed by atoms with Crippen LogP contribution in [0.2, 0.25) is 0 Å². The summed E-state index contributed by atoms with van der Waals surface area (Å²) in [4.78, 5) is 24.4. The Morgan fingerprint density at radius 1 is 1.09 bits per heavy atom. The van der Waals surface area contributed by atoms with Gasteiger partial charge in [0.25, 0.3) is 5.91 Å². The van der Waals surface area contributed by atoms with Gasteiger partial charge in [-0.3, -0.25) is 9.78 Å². The van der Waals surface area contributed by atoms with Gasteiger partial charge in [0.2, 0.25) is 0 Å². The minimum absolute atomic E-state index is 0.129. The molecule has 0 saturated heterocycles. The fourth-order valence-electron chi connectivity index (χ4n) is 3.49. The molecule has 0 N–H and O–H groups in total. The lowest BCUT2D eigenvalue weighted by Crippen LogP contribution is -2.35. The third kappa shape index (κ3) is 6.05. The summed E-state index contributed by atoms with van der Waals surface area (Å²) in [5.74, 6) is 0.650. The van der Waals surface area contributed by atoms with Crippen molar-refractivity contribution in [1.82, 2.24) is 14.9 Å². The van der Waals surface area contributed by atoms with Gasteiger partial charge in [-0.1, -0.05) is 37.3 Å². The molecule has 6 nitrogen and oxygen atoms in total. The Bertz CT molecular complexity index is 1140. The van der Waals surface area contributed by atoms with Crippen LogP contribution in [-0.4, -0.2) is 54.7 Å². The van der Waals surface area contributed by atoms with E-state index in [1.54, 1.807) is 37.6 Å². The van der Waals surface area contributed by atoms with Crippen molar-refractivity contribution in [3.63, 3.8) is 0 Å². The van der Waals surface area contributed by atoms with E-state index < -0.39 is 0 Å². The Labute approximate surface area is 195 Å². The minimum Gasteiger partial charge on any atom is -0.497 e. The summed E-state index contributed by atoms with van der Waals surface area (Å²) in [6, 6.07) is 11.4. The van der Waals surface area contributed by atoms with Crippen LogP contribution < -0.4 is 4.74 Å². The number of methoxy groups -OCH3 is 2. The molecular formula is C27H31N3O3. The van der Waals surface area contributed by atoms with Gasteiger partial charge in [0.15, 0.2) is 0 Å². The van der Waals surface area contributed by atoms with Crippen molar-refractivity contribution in [3.05, 3.63) is 78.3 Å². The fourth-order valence-corrected chi connectivity index (χ4v) is 3.49. The average molecular weight is 446 g/mol. The number of aromatic nitrogens is 2. The monoisotopic (exact) mass is 445 g/mol. The number of benzene rings is 1. The first-order valence-electron chi connectivity index (χ1n) is 11.1. The summed E-state index contributed by atoms with van der Waals surface area (Å²) in [5, 5.41) is 0.878. The minimum atomic E-state index is -0.129. The van der Waals surface area contributed by atoms with E-state index >= 15 is 0 Å². The molecule has 0 unspecified atom stereocenters. The van der Waals surface area contributed by atoms with E-state index in [1.807, 2.05) is 43.3 Å². The molecule has 0 bridgehead atoms. The predicted octanol–water partition coefficient (Wildman–Crippen LogP) is 5.31. The van der Waals surface area contributed by atoms with Gasteiger partial charge < -0.3 is 14.4 Å². The molecule has 0 aliphatic rings. The number of rotatable bonds is 10. The molecule has 2 heterocycles. The van der Waals surface area contributed by atoms with E-state index in [-0.39, 0.29) is 5.91 Å². The third-order valence-corrected chi connectivity index (χ3v) is 5.38. The van der Waals surface area contributed by atoms with Crippen LogP contribution in [0.5, 0.6) is 5.75 Å². The summed E-state index contributed by atoms with van der Waals surface area (Å²) < 4.78 is 10.5. The summed E-state index contributed by atoms with van der Waals surface area (Å²) in [7, 11) is 3.28. The van der Waals surface area contributed by atoms with Gasteiger partial charge in [0.05, 0.1) is 19.2 Å². The highest BCUT2D eigenvalue weighted by atomic mass is 16.5. The lowest BCUT2D eigenvalue weighted by molar-refractivity contribution is 0.0709. The van der Waals surface area contributed by atoms with Crippen molar-refractivity contribution in [1.29, 1.82) is 0 Å². The van der Waals surface area contributed by atoms with Crippen molar-refractivity contribution in [2.24, 2.45) is 0 Å². The van der Waals surface area contributed by atoms with Crippen LogP contribution in [0.25, 0.3) is 22.0 Å². The highest BCUT2D eigenvalue weighted by molar-refractivity contribution is 5.98. The highest BCUT2D eigenvalue weighted by Crippen LogP contribution is 2.28. The van der Waals surface area contributed by atoms with Crippen LogP contribution >= 0.6 is 0 Å². The molecular weight excluding hydrogens is 414 g/mol. The SMILES string of the molecule is C/C=C(\C=C/CC)CN(CCOC)C(=O)c1ccc2cncc(-c3ccc(OC)cc3)c2n1. The van der Waals surface area contributed by atoms with Crippen molar-refractivity contribution in [2.45, 2.75) is 20.3 Å². The number of nitrogens with zero attached hydrogens (tertiary/aromatic N) is 3.